The Bertz CT molecular complexity index is 532. The molecule has 0 unspecified atom stereocenters. The van der Waals surface area contributed by atoms with Gasteiger partial charge in [0, 0.05) is 4.47 Å². The Hall–Kier alpha value is -1.60. The summed E-state index contributed by atoms with van der Waals surface area (Å²) < 4.78 is 6.82. The summed E-state index contributed by atoms with van der Waals surface area (Å²) in [6.07, 6.45) is 5.12. The van der Waals surface area contributed by atoms with Crippen molar-refractivity contribution in [1.82, 2.24) is 4.90 Å². The van der Waals surface area contributed by atoms with E-state index >= 15 is 0 Å². The van der Waals surface area contributed by atoms with Crippen LogP contribution >= 0.6 is 15.9 Å². The van der Waals surface area contributed by atoms with Crippen molar-refractivity contribution in [2.75, 3.05) is 26.2 Å². The van der Waals surface area contributed by atoms with Crippen LogP contribution in [0.3, 0.4) is 0 Å². The average Bonchev–Trinajstić information content (AvgIpc) is 2.57. The standard InChI is InChI=1S/C16H24BrNO.C2H2O4/c1-14-7-10-18(11-8-14)9-2-3-12-19-16-6-4-5-15(17)13-16;3-1(4)2(5)6/h4-6,13-14H,2-3,7-12H2,1H3;(H,3,4)(H,5,6). The molecule has 2 N–H and O–H groups in total. The summed E-state index contributed by atoms with van der Waals surface area (Å²) >= 11 is 3.46. The molecule has 1 aliphatic heterocycles. The number of benzene rings is 1. The molecule has 1 saturated heterocycles. The summed E-state index contributed by atoms with van der Waals surface area (Å²) in [5.74, 6) is -1.76. The molecular formula is C18H26BrNO5. The fourth-order valence-electron chi connectivity index (χ4n) is 2.47. The number of carbonyl (C=O) groups is 2. The van der Waals surface area contributed by atoms with Gasteiger partial charge in [0.2, 0.25) is 0 Å². The van der Waals surface area contributed by atoms with Crippen LogP contribution in [0, 0.1) is 5.92 Å². The second-order valence-corrected chi connectivity index (χ2v) is 7.06. The second-order valence-electron chi connectivity index (χ2n) is 6.15. The van der Waals surface area contributed by atoms with Crippen LogP contribution in [0.15, 0.2) is 28.7 Å². The number of aliphatic carboxylic acids is 2. The number of nitrogens with zero attached hydrogens (tertiary/aromatic N) is 1. The Morgan fingerprint density at radius 3 is 2.40 bits per heavy atom. The van der Waals surface area contributed by atoms with Crippen molar-refractivity contribution in [2.24, 2.45) is 5.92 Å². The van der Waals surface area contributed by atoms with Crippen LogP contribution in [0.5, 0.6) is 5.75 Å². The normalized spacial score (nSPS) is 15.1. The van der Waals surface area contributed by atoms with Crippen molar-refractivity contribution in [3.8, 4) is 5.75 Å². The predicted octanol–water partition coefficient (Wildman–Crippen LogP) is 3.50. The number of halogens is 1. The molecule has 1 aromatic carbocycles. The first-order valence-corrected chi connectivity index (χ1v) is 9.24. The van der Waals surface area contributed by atoms with Gasteiger partial charge < -0.3 is 19.8 Å². The third-order valence-electron chi connectivity index (χ3n) is 3.99. The van der Waals surface area contributed by atoms with E-state index in [-0.39, 0.29) is 0 Å². The number of carboxylic acid groups (broad SMARTS) is 2. The maximum absolute atomic E-state index is 9.10. The minimum absolute atomic E-state index is 0.820. The van der Waals surface area contributed by atoms with Crippen molar-refractivity contribution in [3.63, 3.8) is 0 Å². The van der Waals surface area contributed by atoms with E-state index < -0.39 is 11.9 Å². The van der Waals surface area contributed by atoms with Gasteiger partial charge in [-0.1, -0.05) is 28.9 Å². The van der Waals surface area contributed by atoms with E-state index in [0.29, 0.717) is 0 Å². The monoisotopic (exact) mass is 415 g/mol. The highest BCUT2D eigenvalue weighted by molar-refractivity contribution is 9.10. The molecule has 0 aliphatic carbocycles. The Kier molecular flexibility index (Phi) is 10.2. The molecule has 0 bridgehead atoms. The number of rotatable bonds is 6. The molecule has 2 rings (SSSR count). The van der Waals surface area contributed by atoms with Gasteiger partial charge in [0.05, 0.1) is 6.61 Å². The summed E-state index contributed by atoms with van der Waals surface area (Å²) in [7, 11) is 0. The highest BCUT2D eigenvalue weighted by Gasteiger charge is 2.14. The first-order chi connectivity index (χ1) is 11.9. The third kappa shape index (κ3) is 10.1. The van der Waals surface area contributed by atoms with Gasteiger partial charge in [0.15, 0.2) is 0 Å². The number of likely N-dealkylation sites (tertiary alicyclic amines) is 1. The van der Waals surface area contributed by atoms with E-state index in [4.69, 9.17) is 24.5 Å². The summed E-state index contributed by atoms with van der Waals surface area (Å²) in [4.78, 5) is 20.8. The number of hydrogen-bond donors (Lipinski definition) is 2. The Balaban J connectivity index is 0.000000450. The fourth-order valence-corrected chi connectivity index (χ4v) is 2.85. The lowest BCUT2D eigenvalue weighted by Crippen LogP contribution is -2.33. The molecule has 1 fully saturated rings. The molecule has 1 aromatic rings. The molecule has 7 heteroatoms. The molecule has 140 valence electrons. The molecule has 25 heavy (non-hydrogen) atoms. The van der Waals surface area contributed by atoms with Crippen LogP contribution in [0.1, 0.15) is 32.6 Å². The first kappa shape index (κ1) is 21.4. The summed E-state index contributed by atoms with van der Waals surface area (Å²) in [6.45, 7) is 6.99. The molecule has 0 saturated carbocycles. The van der Waals surface area contributed by atoms with E-state index in [9.17, 15) is 0 Å². The van der Waals surface area contributed by atoms with Gasteiger partial charge in [-0.3, -0.25) is 0 Å². The van der Waals surface area contributed by atoms with E-state index in [1.165, 1.54) is 38.9 Å². The van der Waals surface area contributed by atoms with Crippen LogP contribution in [-0.2, 0) is 9.59 Å². The van der Waals surface area contributed by atoms with Gasteiger partial charge in [0.1, 0.15) is 5.75 Å². The van der Waals surface area contributed by atoms with Crippen LogP contribution in [-0.4, -0.2) is 53.3 Å². The molecule has 6 nitrogen and oxygen atoms in total. The lowest BCUT2D eigenvalue weighted by atomic mass is 9.99. The van der Waals surface area contributed by atoms with Gasteiger partial charge in [-0.25, -0.2) is 9.59 Å². The summed E-state index contributed by atoms with van der Waals surface area (Å²) in [5.41, 5.74) is 0. The number of ether oxygens (including phenoxy) is 1. The zero-order valence-corrected chi connectivity index (χ0v) is 16.1. The number of carboxylic acids is 2. The van der Waals surface area contributed by atoms with Crippen LogP contribution in [0.4, 0.5) is 0 Å². The third-order valence-corrected chi connectivity index (χ3v) is 4.49. The van der Waals surface area contributed by atoms with Gasteiger partial charge in [0.25, 0.3) is 0 Å². The van der Waals surface area contributed by atoms with Crippen molar-refractivity contribution in [1.29, 1.82) is 0 Å². The summed E-state index contributed by atoms with van der Waals surface area (Å²) in [5, 5.41) is 14.8. The van der Waals surface area contributed by atoms with E-state index in [0.717, 1.165) is 29.2 Å². The van der Waals surface area contributed by atoms with Crippen molar-refractivity contribution >= 4 is 27.9 Å². The molecule has 0 spiro atoms. The topological polar surface area (TPSA) is 87.1 Å². The minimum atomic E-state index is -1.82. The van der Waals surface area contributed by atoms with Crippen LogP contribution < -0.4 is 4.74 Å². The molecule has 0 radical (unpaired) electrons. The average molecular weight is 416 g/mol. The Morgan fingerprint density at radius 1 is 1.20 bits per heavy atom. The highest BCUT2D eigenvalue weighted by atomic mass is 79.9. The number of unbranched alkanes of at least 4 members (excludes halogenated alkanes) is 1. The van der Waals surface area contributed by atoms with Gasteiger partial charge in [-0.05, 0) is 69.4 Å². The minimum Gasteiger partial charge on any atom is -0.494 e. The molecule has 0 atom stereocenters. The smallest absolute Gasteiger partial charge is 0.414 e. The molecule has 1 heterocycles. The van der Waals surface area contributed by atoms with Crippen LogP contribution in [0.25, 0.3) is 0 Å². The van der Waals surface area contributed by atoms with Gasteiger partial charge in [-0.15, -0.1) is 0 Å². The lowest BCUT2D eigenvalue weighted by molar-refractivity contribution is -0.159. The van der Waals surface area contributed by atoms with Crippen LogP contribution in [0.2, 0.25) is 0 Å². The second kappa shape index (κ2) is 11.9. The Labute approximate surface area is 156 Å². The van der Waals surface area contributed by atoms with Gasteiger partial charge >= 0.3 is 11.9 Å². The van der Waals surface area contributed by atoms with E-state index in [1.807, 2.05) is 24.3 Å². The maximum atomic E-state index is 9.10. The van der Waals surface area contributed by atoms with Gasteiger partial charge in [-0.2, -0.15) is 0 Å². The van der Waals surface area contributed by atoms with E-state index in [2.05, 4.69) is 27.8 Å². The largest absolute Gasteiger partial charge is 0.494 e. The number of hydrogen-bond acceptors (Lipinski definition) is 4. The molecule has 1 aliphatic rings. The zero-order chi connectivity index (χ0) is 18.7. The number of piperidine rings is 1. The summed E-state index contributed by atoms with van der Waals surface area (Å²) in [6, 6.07) is 8.06. The SMILES string of the molecule is CC1CCN(CCCCOc2cccc(Br)c2)CC1.O=C(O)C(=O)O. The fraction of sp³-hybridized carbons (Fsp3) is 0.556. The Morgan fingerprint density at radius 2 is 1.84 bits per heavy atom. The molecule has 0 amide bonds. The highest BCUT2D eigenvalue weighted by Crippen LogP contribution is 2.18. The lowest BCUT2D eigenvalue weighted by Gasteiger charge is -2.30. The van der Waals surface area contributed by atoms with Crippen molar-refractivity contribution in [3.05, 3.63) is 28.7 Å². The predicted molar refractivity (Wildman–Crippen MR) is 99.0 cm³/mol. The first-order valence-electron chi connectivity index (χ1n) is 8.45. The quantitative estimate of drug-likeness (QED) is 0.545. The molecule has 0 aromatic heterocycles. The van der Waals surface area contributed by atoms with E-state index in [1.54, 1.807) is 0 Å². The molecular weight excluding hydrogens is 390 g/mol. The maximum Gasteiger partial charge on any atom is 0.414 e. The van der Waals surface area contributed by atoms with Crippen molar-refractivity contribution < 1.29 is 24.5 Å². The zero-order valence-electron chi connectivity index (χ0n) is 14.5. The van der Waals surface area contributed by atoms with Crippen molar-refractivity contribution in [2.45, 2.75) is 32.6 Å².